The Kier molecular flexibility index (Phi) is 3.74. The monoisotopic (exact) mass is 296 g/mol. The zero-order valence-corrected chi connectivity index (χ0v) is 11.7. The van der Waals surface area contributed by atoms with Crippen LogP contribution in [0.4, 0.5) is 5.69 Å². The summed E-state index contributed by atoms with van der Waals surface area (Å²) in [5, 5.41) is 5.87. The Bertz CT molecular complexity index is 702. The van der Waals surface area contributed by atoms with Crippen LogP contribution in [0.15, 0.2) is 45.5 Å². The van der Waals surface area contributed by atoms with Crippen LogP contribution in [0.2, 0.25) is 0 Å². The molecular weight excluding hydrogens is 284 g/mol. The number of nitrogen functional groups attached to an aromatic ring is 1. The van der Waals surface area contributed by atoms with Gasteiger partial charge < -0.3 is 5.73 Å². The van der Waals surface area contributed by atoms with E-state index in [1.165, 1.54) is 24.2 Å². The number of sulfonamides is 1. The van der Waals surface area contributed by atoms with Crippen molar-refractivity contribution >= 4 is 27.5 Å². The lowest BCUT2D eigenvalue weighted by molar-refractivity contribution is 0.597. The SMILES string of the molecule is Cc1c(Sc2ccncn2)cc(N)cc1S(N)(=O)=O. The maximum Gasteiger partial charge on any atom is 0.238 e. The average Bonchev–Trinajstić information content (AvgIpc) is 2.33. The van der Waals surface area contributed by atoms with Crippen molar-refractivity contribution < 1.29 is 8.42 Å². The van der Waals surface area contributed by atoms with Crippen LogP contribution in [0.5, 0.6) is 0 Å². The molecule has 1 heterocycles. The van der Waals surface area contributed by atoms with Crippen molar-refractivity contribution in [1.29, 1.82) is 0 Å². The molecule has 0 aliphatic rings. The third kappa shape index (κ3) is 3.22. The van der Waals surface area contributed by atoms with Gasteiger partial charge in [0.25, 0.3) is 0 Å². The molecule has 0 aliphatic heterocycles. The first-order valence-corrected chi connectivity index (χ1v) is 7.61. The molecule has 0 radical (unpaired) electrons. The first kappa shape index (κ1) is 13.8. The molecule has 8 heteroatoms. The van der Waals surface area contributed by atoms with Crippen LogP contribution >= 0.6 is 11.8 Å². The van der Waals surface area contributed by atoms with E-state index in [4.69, 9.17) is 10.9 Å². The standard InChI is InChI=1S/C11H12N4O2S2/c1-7-9(18-11-2-3-14-6-15-11)4-8(12)5-10(7)19(13,16)17/h2-6H,12H2,1H3,(H2,13,16,17). The van der Waals surface area contributed by atoms with Crippen LogP contribution in [0.1, 0.15) is 5.56 Å². The van der Waals surface area contributed by atoms with Gasteiger partial charge >= 0.3 is 0 Å². The minimum absolute atomic E-state index is 0.0315. The van der Waals surface area contributed by atoms with Gasteiger partial charge in [0, 0.05) is 16.8 Å². The first-order valence-electron chi connectivity index (χ1n) is 5.24. The summed E-state index contributed by atoms with van der Waals surface area (Å²) in [6, 6.07) is 4.77. The van der Waals surface area contributed by atoms with Crippen molar-refractivity contribution in [3.63, 3.8) is 0 Å². The first-order chi connectivity index (χ1) is 8.88. The highest BCUT2D eigenvalue weighted by atomic mass is 32.2. The average molecular weight is 296 g/mol. The topological polar surface area (TPSA) is 112 Å². The summed E-state index contributed by atoms with van der Waals surface area (Å²) in [6.07, 6.45) is 3.03. The molecule has 0 saturated carbocycles. The zero-order valence-electron chi connectivity index (χ0n) is 10.1. The second-order valence-electron chi connectivity index (χ2n) is 3.84. The number of nitrogens with two attached hydrogens (primary N) is 2. The molecule has 0 aliphatic carbocycles. The smallest absolute Gasteiger partial charge is 0.238 e. The Hall–Kier alpha value is -1.64. The van der Waals surface area contributed by atoms with E-state index in [-0.39, 0.29) is 4.90 Å². The van der Waals surface area contributed by atoms with Crippen molar-refractivity contribution in [1.82, 2.24) is 9.97 Å². The van der Waals surface area contributed by atoms with E-state index in [1.54, 1.807) is 25.3 Å². The molecule has 0 bridgehead atoms. The Balaban J connectivity index is 2.50. The van der Waals surface area contributed by atoms with Gasteiger partial charge in [-0.05, 0) is 30.7 Å². The molecular formula is C11H12N4O2S2. The van der Waals surface area contributed by atoms with E-state index >= 15 is 0 Å². The van der Waals surface area contributed by atoms with Gasteiger partial charge in [-0.1, -0.05) is 11.8 Å². The van der Waals surface area contributed by atoms with Crippen molar-refractivity contribution in [3.05, 3.63) is 36.3 Å². The highest BCUT2D eigenvalue weighted by molar-refractivity contribution is 7.99. The Morgan fingerprint density at radius 3 is 2.63 bits per heavy atom. The molecule has 2 aromatic rings. The molecule has 100 valence electrons. The van der Waals surface area contributed by atoms with Gasteiger partial charge in [-0.25, -0.2) is 23.5 Å². The van der Waals surface area contributed by atoms with Crippen LogP contribution in [0, 0.1) is 6.92 Å². The molecule has 0 atom stereocenters. The van der Waals surface area contributed by atoms with Gasteiger partial charge in [0.2, 0.25) is 10.0 Å². The fourth-order valence-corrected chi connectivity index (χ4v) is 3.35. The van der Waals surface area contributed by atoms with Gasteiger partial charge in [0.1, 0.15) is 11.4 Å². The summed E-state index contributed by atoms with van der Waals surface area (Å²) in [7, 11) is -3.80. The van der Waals surface area contributed by atoms with Gasteiger partial charge in [-0.2, -0.15) is 0 Å². The molecule has 0 amide bonds. The number of hydrogen-bond donors (Lipinski definition) is 2. The van der Waals surface area contributed by atoms with Gasteiger partial charge in [-0.3, -0.25) is 0 Å². The normalized spacial score (nSPS) is 11.5. The summed E-state index contributed by atoms with van der Waals surface area (Å²) >= 11 is 1.31. The number of anilines is 1. The van der Waals surface area contributed by atoms with Crippen molar-refractivity contribution in [3.8, 4) is 0 Å². The number of hydrogen-bond acceptors (Lipinski definition) is 6. The van der Waals surface area contributed by atoms with Crippen LogP contribution in [-0.2, 0) is 10.0 Å². The number of benzene rings is 1. The maximum absolute atomic E-state index is 11.5. The summed E-state index contributed by atoms with van der Waals surface area (Å²) in [4.78, 5) is 8.61. The Morgan fingerprint density at radius 2 is 2.05 bits per heavy atom. The fraction of sp³-hybridized carbons (Fsp3) is 0.0909. The zero-order chi connectivity index (χ0) is 14.0. The van der Waals surface area contributed by atoms with E-state index in [9.17, 15) is 8.42 Å². The predicted molar refractivity (Wildman–Crippen MR) is 73.1 cm³/mol. The second-order valence-corrected chi connectivity index (χ2v) is 6.43. The lowest BCUT2D eigenvalue weighted by Crippen LogP contribution is -2.14. The predicted octanol–water partition coefficient (Wildman–Crippen LogP) is 1.17. The summed E-state index contributed by atoms with van der Waals surface area (Å²) in [5.74, 6) is 0. The van der Waals surface area contributed by atoms with Gasteiger partial charge in [0.05, 0.1) is 4.90 Å². The van der Waals surface area contributed by atoms with Gasteiger partial charge in [0.15, 0.2) is 0 Å². The molecule has 0 unspecified atom stereocenters. The van der Waals surface area contributed by atoms with E-state index < -0.39 is 10.0 Å². The van der Waals surface area contributed by atoms with Crippen LogP contribution < -0.4 is 10.9 Å². The quantitative estimate of drug-likeness (QED) is 0.649. The fourth-order valence-electron chi connectivity index (χ4n) is 1.54. The highest BCUT2D eigenvalue weighted by Gasteiger charge is 2.16. The van der Waals surface area contributed by atoms with Crippen molar-refractivity contribution in [2.24, 2.45) is 5.14 Å². The number of primary sulfonamides is 1. The van der Waals surface area contributed by atoms with Gasteiger partial charge in [-0.15, -0.1) is 0 Å². The van der Waals surface area contributed by atoms with Crippen molar-refractivity contribution in [2.75, 3.05) is 5.73 Å². The van der Waals surface area contributed by atoms with E-state index in [2.05, 4.69) is 9.97 Å². The molecule has 4 N–H and O–H groups in total. The third-order valence-corrected chi connectivity index (χ3v) is 4.54. The lowest BCUT2D eigenvalue weighted by atomic mass is 10.2. The number of rotatable bonds is 3. The Labute approximate surface area is 115 Å². The molecule has 19 heavy (non-hydrogen) atoms. The molecule has 0 spiro atoms. The lowest BCUT2D eigenvalue weighted by Gasteiger charge is -2.10. The largest absolute Gasteiger partial charge is 0.399 e. The minimum atomic E-state index is -3.80. The summed E-state index contributed by atoms with van der Waals surface area (Å²) in [5.41, 5.74) is 6.61. The molecule has 0 saturated heterocycles. The highest BCUT2D eigenvalue weighted by Crippen LogP contribution is 2.33. The third-order valence-electron chi connectivity index (χ3n) is 2.41. The Morgan fingerprint density at radius 1 is 1.32 bits per heavy atom. The molecule has 1 aromatic carbocycles. The van der Waals surface area contributed by atoms with E-state index in [0.717, 1.165) is 0 Å². The summed E-state index contributed by atoms with van der Waals surface area (Å²) in [6.45, 7) is 1.68. The maximum atomic E-state index is 11.5. The number of nitrogens with zero attached hydrogens (tertiary/aromatic N) is 2. The molecule has 0 fully saturated rings. The summed E-state index contributed by atoms with van der Waals surface area (Å²) < 4.78 is 23.0. The number of aromatic nitrogens is 2. The van der Waals surface area contributed by atoms with E-state index in [1.807, 2.05) is 0 Å². The molecule has 2 rings (SSSR count). The molecule has 6 nitrogen and oxygen atoms in total. The van der Waals surface area contributed by atoms with Crippen LogP contribution in [0.3, 0.4) is 0 Å². The van der Waals surface area contributed by atoms with Crippen LogP contribution in [-0.4, -0.2) is 18.4 Å². The minimum Gasteiger partial charge on any atom is -0.399 e. The molecule has 1 aromatic heterocycles. The second kappa shape index (κ2) is 5.16. The van der Waals surface area contributed by atoms with Crippen molar-refractivity contribution in [2.45, 2.75) is 21.7 Å². The van der Waals surface area contributed by atoms with E-state index in [0.29, 0.717) is 21.2 Å². The van der Waals surface area contributed by atoms with Crippen LogP contribution in [0.25, 0.3) is 0 Å².